The first kappa shape index (κ1) is 22.0. The van der Waals surface area contributed by atoms with Gasteiger partial charge in [0.15, 0.2) is 5.96 Å². The number of aryl methyl sites for hydroxylation is 2. The van der Waals surface area contributed by atoms with E-state index in [0.29, 0.717) is 6.04 Å². The maximum absolute atomic E-state index is 4.35. The Hall–Kier alpha value is -1.09. The SMILES string of the molecule is C=CCN1CCC(NC(=NC)NCCCCn2ccnc2C)CC1.I. The molecule has 0 spiro atoms. The molecule has 0 aromatic carbocycles. The van der Waals surface area contributed by atoms with Crippen molar-refractivity contribution < 1.29 is 0 Å². The minimum absolute atomic E-state index is 0. The average molecular weight is 460 g/mol. The Kier molecular flexibility index (Phi) is 10.8. The first-order valence-corrected chi connectivity index (χ1v) is 9.01. The summed E-state index contributed by atoms with van der Waals surface area (Å²) in [5.74, 6) is 2.01. The normalized spacial score (nSPS) is 16.3. The van der Waals surface area contributed by atoms with Gasteiger partial charge < -0.3 is 15.2 Å². The van der Waals surface area contributed by atoms with E-state index in [1.54, 1.807) is 0 Å². The monoisotopic (exact) mass is 460 g/mol. The molecule has 25 heavy (non-hydrogen) atoms. The summed E-state index contributed by atoms with van der Waals surface area (Å²) in [4.78, 5) is 11.0. The van der Waals surface area contributed by atoms with Gasteiger partial charge in [-0.2, -0.15) is 0 Å². The van der Waals surface area contributed by atoms with E-state index in [1.165, 1.54) is 0 Å². The predicted octanol–water partition coefficient (Wildman–Crippen LogP) is 2.41. The van der Waals surface area contributed by atoms with Crippen molar-refractivity contribution in [1.82, 2.24) is 25.1 Å². The molecular weight excluding hydrogens is 427 g/mol. The van der Waals surface area contributed by atoms with Crippen molar-refractivity contribution in [2.75, 3.05) is 33.2 Å². The Morgan fingerprint density at radius 1 is 1.40 bits per heavy atom. The van der Waals surface area contributed by atoms with Crippen LogP contribution in [-0.4, -0.2) is 59.7 Å². The number of aromatic nitrogens is 2. The van der Waals surface area contributed by atoms with Crippen LogP contribution in [0.4, 0.5) is 0 Å². The minimum atomic E-state index is 0. The van der Waals surface area contributed by atoms with Crippen LogP contribution in [0.2, 0.25) is 0 Å². The van der Waals surface area contributed by atoms with Gasteiger partial charge in [-0.1, -0.05) is 6.08 Å². The number of imidazole rings is 1. The third-order valence-electron chi connectivity index (χ3n) is 4.58. The summed E-state index contributed by atoms with van der Waals surface area (Å²) in [5.41, 5.74) is 0. The third-order valence-corrected chi connectivity index (χ3v) is 4.58. The lowest BCUT2D eigenvalue weighted by atomic mass is 10.1. The second kappa shape index (κ2) is 12.3. The lowest BCUT2D eigenvalue weighted by Crippen LogP contribution is -2.48. The first-order valence-electron chi connectivity index (χ1n) is 9.01. The fraction of sp³-hybridized carbons (Fsp3) is 0.667. The van der Waals surface area contributed by atoms with E-state index in [4.69, 9.17) is 0 Å². The molecule has 6 nitrogen and oxygen atoms in total. The molecule has 0 bridgehead atoms. The number of guanidine groups is 1. The Bertz CT molecular complexity index is 519. The van der Waals surface area contributed by atoms with Gasteiger partial charge in [-0.15, -0.1) is 30.6 Å². The van der Waals surface area contributed by atoms with E-state index in [-0.39, 0.29) is 24.0 Å². The maximum Gasteiger partial charge on any atom is 0.191 e. The van der Waals surface area contributed by atoms with E-state index >= 15 is 0 Å². The fourth-order valence-electron chi connectivity index (χ4n) is 3.08. The Morgan fingerprint density at radius 3 is 2.76 bits per heavy atom. The fourth-order valence-corrected chi connectivity index (χ4v) is 3.08. The van der Waals surface area contributed by atoms with E-state index in [2.05, 4.69) is 36.7 Å². The first-order chi connectivity index (χ1) is 11.7. The summed E-state index contributed by atoms with van der Waals surface area (Å²) in [7, 11) is 1.84. The molecule has 1 aliphatic rings. The number of unbranched alkanes of at least 4 members (excludes halogenated alkanes) is 1. The molecule has 1 aromatic heterocycles. The molecule has 2 heterocycles. The van der Waals surface area contributed by atoms with E-state index in [0.717, 1.165) is 70.2 Å². The number of rotatable bonds is 8. The van der Waals surface area contributed by atoms with Crippen molar-refractivity contribution in [2.24, 2.45) is 4.99 Å². The quantitative estimate of drug-likeness (QED) is 0.206. The number of hydrogen-bond acceptors (Lipinski definition) is 3. The summed E-state index contributed by atoms with van der Waals surface area (Å²) < 4.78 is 2.20. The molecule has 1 fully saturated rings. The topological polar surface area (TPSA) is 57.5 Å². The number of halogens is 1. The summed E-state index contributed by atoms with van der Waals surface area (Å²) in [5, 5.41) is 6.99. The zero-order chi connectivity index (χ0) is 17.2. The molecule has 1 aromatic rings. The van der Waals surface area contributed by atoms with Crippen molar-refractivity contribution in [3.05, 3.63) is 30.9 Å². The predicted molar refractivity (Wildman–Crippen MR) is 116 cm³/mol. The van der Waals surface area contributed by atoms with Gasteiger partial charge in [0.05, 0.1) is 0 Å². The largest absolute Gasteiger partial charge is 0.356 e. The van der Waals surface area contributed by atoms with Crippen molar-refractivity contribution in [3.8, 4) is 0 Å². The van der Waals surface area contributed by atoms with E-state index in [1.807, 2.05) is 32.4 Å². The summed E-state index contributed by atoms with van der Waals surface area (Å²) >= 11 is 0. The molecule has 0 atom stereocenters. The number of aliphatic imine (C=N–C) groups is 1. The molecule has 142 valence electrons. The highest BCUT2D eigenvalue weighted by Gasteiger charge is 2.18. The average Bonchev–Trinajstić information content (AvgIpc) is 3.00. The molecule has 0 unspecified atom stereocenters. The van der Waals surface area contributed by atoms with Crippen LogP contribution in [0.3, 0.4) is 0 Å². The van der Waals surface area contributed by atoms with Crippen LogP contribution in [0.15, 0.2) is 30.0 Å². The second-order valence-electron chi connectivity index (χ2n) is 6.38. The van der Waals surface area contributed by atoms with Gasteiger partial charge in [0.2, 0.25) is 0 Å². The standard InChI is InChI=1S/C18H32N6.HI/c1-4-11-23-13-7-17(8-14-23)22-18(19-3)21-9-5-6-12-24-15-10-20-16(24)2;/h4,10,15,17H,1,5-9,11-14H2,2-3H3,(H2,19,21,22);1H. The molecule has 2 N–H and O–H groups in total. The highest BCUT2D eigenvalue weighted by Crippen LogP contribution is 2.09. The molecular formula is C18H33IN6. The van der Waals surface area contributed by atoms with Gasteiger partial charge >= 0.3 is 0 Å². The van der Waals surface area contributed by atoms with Crippen molar-refractivity contribution in [2.45, 2.75) is 45.2 Å². The number of nitrogens with one attached hydrogen (secondary N) is 2. The van der Waals surface area contributed by atoms with Crippen LogP contribution in [0.1, 0.15) is 31.5 Å². The van der Waals surface area contributed by atoms with Gasteiger partial charge in [-0.05, 0) is 32.6 Å². The number of nitrogens with zero attached hydrogens (tertiary/aromatic N) is 4. The Balaban J connectivity index is 0.00000312. The number of hydrogen-bond donors (Lipinski definition) is 2. The number of likely N-dealkylation sites (tertiary alicyclic amines) is 1. The van der Waals surface area contributed by atoms with E-state index < -0.39 is 0 Å². The molecule has 0 saturated carbocycles. The summed E-state index contributed by atoms with van der Waals surface area (Å²) in [6.45, 7) is 11.1. The molecule has 0 amide bonds. The van der Waals surface area contributed by atoms with Crippen LogP contribution in [0.25, 0.3) is 0 Å². The third kappa shape index (κ3) is 7.77. The van der Waals surface area contributed by atoms with Crippen LogP contribution in [0, 0.1) is 6.92 Å². The molecule has 7 heteroatoms. The van der Waals surface area contributed by atoms with Gasteiger partial charge in [-0.3, -0.25) is 9.89 Å². The van der Waals surface area contributed by atoms with Crippen molar-refractivity contribution in [3.63, 3.8) is 0 Å². The molecule has 1 aliphatic heterocycles. The zero-order valence-corrected chi connectivity index (χ0v) is 17.9. The zero-order valence-electron chi connectivity index (χ0n) is 15.6. The number of piperidine rings is 1. The van der Waals surface area contributed by atoms with Gasteiger partial charge in [0, 0.05) is 58.2 Å². The van der Waals surface area contributed by atoms with Crippen LogP contribution in [0.5, 0.6) is 0 Å². The summed E-state index contributed by atoms with van der Waals surface area (Å²) in [6.07, 6.45) is 10.5. The highest BCUT2D eigenvalue weighted by molar-refractivity contribution is 14.0. The van der Waals surface area contributed by atoms with Gasteiger partial charge in [0.1, 0.15) is 5.82 Å². The van der Waals surface area contributed by atoms with Crippen LogP contribution in [-0.2, 0) is 6.54 Å². The van der Waals surface area contributed by atoms with E-state index in [9.17, 15) is 0 Å². The Morgan fingerprint density at radius 2 is 2.16 bits per heavy atom. The summed E-state index contributed by atoms with van der Waals surface area (Å²) in [6, 6.07) is 0.519. The smallest absolute Gasteiger partial charge is 0.191 e. The Labute approximate surface area is 169 Å². The lowest BCUT2D eigenvalue weighted by Gasteiger charge is -2.32. The van der Waals surface area contributed by atoms with Crippen LogP contribution < -0.4 is 10.6 Å². The molecule has 2 rings (SSSR count). The maximum atomic E-state index is 4.35. The van der Waals surface area contributed by atoms with Crippen molar-refractivity contribution >= 4 is 29.9 Å². The van der Waals surface area contributed by atoms with Crippen molar-refractivity contribution in [1.29, 1.82) is 0 Å². The highest BCUT2D eigenvalue weighted by atomic mass is 127. The lowest BCUT2D eigenvalue weighted by molar-refractivity contribution is 0.225. The van der Waals surface area contributed by atoms with Crippen LogP contribution >= 0.6 is 24.0 Å². The molecule has 0 aliphatic carbocycles. The van der Waals surface area contributed by atoms with Gasteiger partial charge in [0.25, 0.3) is 0 Å². The minimum Gasteiger partial charge on any atom is -0.356 e. The second-order valence-corrected chi connectivity index (χ2v) is 6.38. The molecule has 0 radical (unpaired) electrons. The molecule has 1 saturated heterocycles. The van der Waals surface area contributed by atoms with Gasteiger partial charge in [-0.25, -0.2) is 4.98 Å².